The average Bonchev–Trinajstić information content (AvgIpc) is 3.11. The molecule has 0 saturated heterocycles. The molecule has 0 bridgehead atoms. The number of benzene rings is 1. The average molecular weight is 253 g/mol. The van der Waals surface area contributed by atoms with Gasteiger partial charge in [-0.05, 0) is 56.5 Å². The molecule has 1 saturated carbocycles. The van der Waals surface area contributed by atoms with Crippen molar-refractivity contribution in [2.45, 2.75) is 26.3 Å². The summed E-state index contributed by atoms with van der Waals surface area (Å²) in [6, 6.07) is 6.22. The van der Waals surface area contributed by atoms with Crippen molar-refractivity contribution in [3.63, 3.8) is 0 Å². The van der Waals surface area contributed by atoms with Crippen molar-refractivity contribution in [3.8, 4) is 0 Å². The van der Waals surface area contributed by atoms with Gasteiger partial charge in [0.2, 0.25) is 0 Å². The minimum Gasteiger partial charge on any atom is -0.371 e. The molecule has 1 N–H and O–H groups in total. The molecule has 0 amide bonds. The quantitative estimate of drug-likeness (QED) is 0.836. The van der Waals surface area contributed by atoms with E-state index in [2.05, 4.69) is 29.3 Å². The molecule has 3 heteroatoms. The molecule has 2 rings (SSSR count). The molecule has 0 heterocycles. The molecule has 0 aliphatic heterocycles. The third-order valence-corrected chi connectivity index (χ3v) is 3.54. The zero-order chi connectivity index (χ0) is 12.3. The number of hydrogen-bond acceptors (Lipinski definition) is 2. The molecule has 1 aromatic carbocycles. The number of nitrogens with one attached hydrogen (secondary N) is 1. The Morgan fingerprint density at radius 3 is 2.76 bits per heavy atom. The Bertz CT molecular complexity index is 374. The predicted octanol–water partition coefficient (Wildman–Crippen LogP) is 3.30. The van der Waals surface area contributed by atoms with E-state index in [-0.39, 0.29) is 0 Å². The summed E-state index contributed by atoms with van der Waals surface area (Å²) in [7, 11) is 1.97. The van der Waals surface area contributed by atoms with Crippen LogP contribution < -0.4 is 10.2 Å². The lowest BCUT2D eigenvalue weighted by atomic mass is 10.1. The monoisotopic (exact) mass is 252 g/mol. The Balaban J connectivity index is 2.20. The van der Waals surface area contributed by atoms with Gasteiger partial charge in [-0.1, -0.05) is 11.6 Å². The molecule has 0 unspecified atom stereocenters. The van der Waals surface area contributed by atoms with E-state index in [9.17, 15) is 0 Å². The molecule has 1 aliphatic carbocycles. The normalized spacial score (nSPS) is 15.0. The predicted molar refractivity (Wildman–Crippen MR) is 74.8 cm³/mol. The summed E-state index contributed by atoms with van der Waals surface area (Å²) in [5.41, 5.74) is 2.63. The van der Waals surface area contributed by atoms with Crippen LogP contribution in [0.4, 0.5) is 5.69 Å². The maximum absolute atomic E-state index is 6.07. The van der Waals surface area contributed by atoms with Gasteiger partial charge in [0.1, 0.15) is 0 Å². The van der Waals surface area contributed by atoms with E-state index in [1.165, 1.54) is 30.6 Å². The van der Waals surface area contributed by atoms with Crippen molar-refractivity contribution < 1.29 is 0 Å². The third-order valence-electron chi connectivity index (χ3n) is 3.31. The minimum atomic E-state index is 0.821. The molecule has 1 aromatic rings. The van der Waals surface area contributed by atoms with Crippen molar-refractivity contribution in [3.05, 3.63) is 28.8 Å². The molecule has 94 valence electrons. The molecular formula is C14H21ClN2. The van der Waals surface area contributed by atoms with Gasteiger partial charge in [0, 0.05) is 30.3 Å². The molecule has 0 radical (unpaired) electrons. The fraction of sp³-hybridized carbons (Fsp3) is 0.571. The third kappa shape index (κ3) is 3.36. The summed E-state index contributed by atoms with van der Waals surface area (Å²) in [6.45, 7) is 5.35. The van der Waals surface area contributed by atoms with E-state index in [0.717, 1.165) is 24.0 Å². The van der Waals surface area contributed by atoms with Crippen LogP contribution >= 0.6 is 11.6 Å². The first-order chi connectivity index (χ1) is 8.24. The summed E-state index contributed by atoms with van der Waals surface area (Å²) in [6.07, 6.45) is 2.79. The van der Waals surface area contributed by atoms with E-state index in [4.69, 9.17) is 11.6 Å². The van der Waals surface area contributed by atoms with Crippen molar-refractivity contribution in [2.75, 3.05) is 25.0 Å². The Hall–Kier alpha value is -0.730. The standard InChI is InChI=1S/C14H21ClN2/c1-3-17(10-11-4-5-11)14-7-6-13(15)8-12(14)9-16-2/h6-8,11,16H,3-5,9-10H2,1-2H3. The largest absolute Gasteiger partial charge is 0.371 e. The van der Waals surface area contributed by atoms with Crippen LogP contribution in [0.5, 0.6) is 0 Å². The minimum absolute atomic E-state index is 0.821. The zero-order valence-electron chi connectivity index (χ0n) is 10.7. The van der Waals surface area contributed by atoms with Gasteiger partial charge in [0.15, 0.2) is 0 Å². The number of rotatable bonds is 6. The van der Waals surface area contributed by atoms with E-state index >= 15 is 0 Å². The number of halogens is 1. The van der Waals surface area contributed by atoms with Crippen LogP contribution in [0.3, 0.4) is 0 Å². The Morgan fingerprint density at radius 2 is 2.18 bits per heavy atom. The maximum atomic E-state index is 6.07. The van der Waals surface area contributed by atoms with Crippen LogP contribution in [0, 0.1) is 5.92 Å². The highest BCUT2D eigenvalue weighted by molar-refractivity contribution is 6.30. The molecule has 0 aromatic heterocycles. The Labute approximate surface area is 109 Å². The summed E-state index contributed by atoms with van der Waals surface area (Å²) in [4.78, 5) is 2.47. The molecule has 17 heavy (non-hydrogen) atoms. The van der Waals surface area contributed by atoms with Crippen molar-refractivity contribution in [1.82, 2.24) is 5.32 Å². The summed E-state index contributed by atoms with van der Waals surface area (Å²) < 4.78 is 0. The van der Waals surface area contributed by atoms with Crippen LogP contribution in [0.15, 0.2) is 18.2 Å². The van der Waals surface area contributed by atoms with Crippen molar-refractivity contribution in [1.29, 1.82) is 0 Å². The topological polar surface area (TPSA) is 15.3 Å². The van der Waals surface area contributed by atoms with E-state index in [1.54, 1.807) is 0 Å². The second-order valence-corrected chi connectivity index (χ2v) is 5.22. The van der Waals surface area contributed by atoms with Gasteiger partial charge in [-0.2, -0.15) is 0 Å². The molecule has 1 aliphatic rings. The smallest absolute Gasteiger partial charge is 0.0412 e. The lowest BCUT2D eigenvalue weighted by Crippen LogP contribution is -2.27. The maximum Gasteiger partial charge on any atom is 0.0412 e. The first kappa shape index (κ1) is 12.7. The van der Waals surface area contributed by atoms with Crippen LogP contribution in [0.1, 0.15) is 25.3 Å². The fourth-order valence-electron chi connectivity index (χ4n) is 2.20. The highest BCUT2D eigenvalue weighted by atomic mass is 35.5. The summed E-state index contributed by atoms with van der Waals surface area (Å²) in [5, 5.41) is 4.04. The van der Waals surface area contributed by atoms with Crippen LogP contribution in [-0.4, -0.2) is 20.1 Å². The second kappa shape index (κ2) is 5.74. The molecule has 1 fully saturated rings. The summed E-state index contributed by atoms with van der Waals surface area (Å²) >= 11 is 6.07. The van der Waals surface area contributed by atoms with Crippen LogP contribution in [0.25, 0.3) is 0 Å². The van der Waals surface area contributed by atoms with Gasteiger partial charge in [0.25, 0.3) is 0 Å². The van der Waals surface area contributed by atoms with Gasteiger partial charge < -0.3 is 10.2 Å². The fourth-order valence-corrected chi connectivity index (χ4v) is 2.40. The lowest BCUT2D eigenvalue weighted by Gasteiger charge is -2.26. The molecule has 0 atom stereocenters. The van der Waals surface area contributed by atoms with E-state index in [1.807, 2.05) is 13.1 Å². The van der Waals surface area contributed by atoms with E-state index in [0.29, 0.717) is 0 Å². The Kier molecular flexibility index (Phi) is 4.30. The molecule has 2 nitrogen and oxygen atoms in total. The first-order valence-corrected chi connectivity index (χ1v) is 6.80. The van der Waals surface area contributed by atoms with E-state index < -0.39 is 0 Å². The lowest BCUT2D eigenvalue weighted by molar-refractivity contribution is 0.730. The second-order valence-electron chi connectivity index (χ2n) is 4.79. The molecule has 0 spiro atoms. The number of hydrogen-bond donors (Lipinski definition) is 1. The molecular weight excluding hydrogens is 232 g/mol. The first-order valence-electron chi connectivity index (χ1n) is 6.42. The van der Waals surface area contributed by atoms with Crippen LogP contribution in [0.2, 0.25) is 5.02 Å². The highest BCUT2D eigenvalue weighted by Gasteiger charge is 2.24. The highest BCUT2D eigenvalue weighted by Crippen LogP contribution is 2.33. The van der Waals surface area contributed by atoms with Gasteiger partial charge in [-0.25, -0.2) is 0 Å². The Morgan fingerprint density at radius 1 is 1.41 bits per heavy atom. The van der Waals surface area contributed by atoms with Crippen molar-refractivity contribution >= 4 is 17.3 Å². The van der Waals surface area contributed by atoms with Gasteiger partial charge in [0.05, 0.1) is 0 Å². The van der Waals surface area contributed by atoms with Gasteiger partial charge in [-0.15, -0.1) is 0 Å². The summed E-state index contributed by atoms with van der Waals surface area (Å²) in [5.74, 6) is 0.910. The van der Waals surface area contributed by atoms with Crippen molar-refractivity contribution in [2.24, 2.45) is 5.92 Å². The van der Waals surface area contributed by atoms with Crippen LogP contribution in [-0.2, 0) is 6.54 Å². The number of anilines is 1. The SMILES string of the molecule is CCN(CC1CC1)c1ccc(Cl)cc1CNC. The van der Waals surface area contributed by atoms with Gasteiger partial charge in [-0.3, -0.25) is 0 Å². The zero-order valence-corrected chi connectivity index (χ0v) is 11.4. The number of nitrogens with zero attached hydrogens (tertiary/aromatic N) is 1. The van der Waals surface area contributed by atoms with Gasteiger partial charge >= 0.3 is 0 Å².